The molecule has 7 atom stereocenters. The fraction of sp³-hybridized carbons (Fsp3) is 1.00. The van der Waals surface area contributed by atoms with Gasteiger partial charge in [-0.25, -0.2) is 0 Å². The van der Waals surface area contributed by atoms with E-state index in [-0.39, 0.29) is 0 Å². The van der Waals surface area contributed by atoms with Gasteiger partial charge in [-0.3, -0.25) is 0 Å². The minimum absolute atomic E-state index is 1.06. The van der Waals surface area contributed by atoms with Gasteiger partial charge in [0.15, 0.2) is 0 Å². The second kappa shape index (κ2) is 1.67. The van der Waals surface area contributed by atoms with Crippen molar-refractivity contribution >= 4 is 0 Å². The highest BCUT2D eigenvalue weighted by molar-refractivity contribution is 5.15. The molecule has 0 spiro atoms. The fourth-order valence-corrected chi connectivity index (χ4v) is 4.44. The SMILES string of the molecule is CC1CC2C1C1C(C)C(C)C21. The quantitative estimate of drug-likeness (QED) is 0.498. The summed E-state index contributed by atoms with van der Waals surface area (Å²) < 4.78 is 0. The standard InChI is InChI=1S/C11H18/c1-5-4-8-9(5)11-7(3)6(2)10(8)11/h5-11H,4H2,1-3H3. The highest BCUT2D eigenvalue weighted by Crippen LogP contribution is 2.73. The topological polar surface area (TPSA) is 0 Å². The normalized spacial score (nSPS) is 71.7. The van der Waals surface area contributed by atoms with Gasteiger partial charge < -0.3 is 0 Å². The lowest BCUT2D eigenvalue weighted by Gasteiger charge is -2.74. The Balaban J connectivity index is 1.79. The Labute approximate surface area is 69.4 Å². The predicted octanol–water partition coefficient (Wildman–Crippen LogP) is 2.79. The molecule has 11 heavy (non-hydrogen) atoms. The zero-order chi connectivity index (χ0) is 7.75. The van der Waals surface area contributed by atoms with Crippen LogP contribution in [0.3, 0.4) is 0 Å². The maximum atomic E-state index is 2.47. The summed E-state index contributed by atoms with van der Waals surface area (Å²) in [5, 5.41) is 0. The van der Waals surface area contributed by atoms with Crippen molar-refractivity contribution < 1.29 is 0 Å². The van der Waals surface area contributed by atoms with E-state index in [2.05, 4.69) is 20.8 Å². The van der Waals surface area contributed by atoms with Crippen molar-refractivity contribution in [3.8, 4) is 0 Å². The largest absolute Gasteiger partial charge is 0.0622 e. The number of rotatable bonds is 0. The molecule has 3 fully saturated rings. The summed E-state index contributed by atoms with van der Waals surface area (Å²) in [6, 6.07) is 0. The molecule has 0 aromatic rings. The first-order valence-electron chi connectivity index (χ1n) is 5.22. The van der Waals surface area contributed by atoms with Crippen LogP contribution in [0, 0.1) is 41.4 Å². The molecule has 0 N–H and O–H groups in total. The molecule has 0 saturated heterocycles. The first-order valence-corrected chi connectivity index (χ1v) is 5.22. The second-order valence-electron chi connectivity index (χ2n) is 5.33. The van der Waals surface area contributed by atoms with Gasteiger partial charge >= 0.3 is 0 Å². The van der Waals surface area contributed by atoms with E-state index in [1.165, 1.54) is 23.7 Å². The van der Waals surface area contributed by atoms with Gasteiger partial charge in [0.1, 0.15) is 0 Å². The summed E-state index contributed by atoms with van der Waals surface area (Å²) in [7, 11) is 0. The lowest BCUT2D eigenvalue weighted by atomic mass is 9.31. The van der Waals surface area contributed by atoms with Crippen molar-refractivity contribution in [1.29, 1.82) is 0 Å². The van der Waals surface area contributed by atoms with Gasteiger partial charge in [-0.2, -0.15) is 0 Å². The predicted molar refractivity (Wildman–Crippen MR) is 46.1 cm³/mol. The van der Waals surface area contributed by atoms with Crippen molar-refractivity contribution in [3.63, 3.8) is 0 Å². The van der Waals surface area contributed by atoms with E-state index in [9.17, 15) is 0 Å². The Hall–Kier alpha value is 0. The monoisotopic (exact) mass is 150 g/mol. The first kappa shape index (κ1) is 6.51. The lowest BCUT2D eigenvalue weighted by Crippen LogP contribution is -2.69. The van der Waals surface area contributed by atoms with Gasteiger partial charge in [0.2, 0.25) is 0 Å². The number of hydrogen-bond acceptors (Lipinski definition) is 0. The molecular formula is C11H18. The molecule has 62 valence electrons. The average molecular weight is 150 g/mol. The molecule has 0 bridgehead atoms. The van der Waals surface area contributed by atoms with Crippen molar-refractivity contribution in [2.24, 2.45) is 41.4 Å². The molecule has 3 saturated carbocycles. The summed E-state index contributed by atoms with van der Waals surface area (Å²) in [5.74, 6) is 7.89. The Morgan fingerprint density at radius 1 is 0.818 bits per heavy atom. The van der Waals surface area contributed by atoms with Gasteiger partial charge in [-0.05, 0) is 47.8 Å². The van der Waals surface area contributed by atoms with Crippen LogP contribution in [-0.2, 0) is 0 Å². The third-order valence-corrected chi connectivity index (χ3v) is 5.22. The molecule has 0 heteroatoms. The highest BCUT2D eigenvalue weighted by Gasteiger charge is 2.68. The third kappa shape index (κ3) is 0.494. The van der Waals surface area contributed by atoms with Gasteiger partial charge in [0.05, 0.1) is 0 Å². The summed E-state index contributed by atoms with van der Waals surface area (Å²) >= 11 is 0. The van der Waals surface area contributed by atoms with E-state index in [0.29, 0.717) is 0 Å². The first-order chi connectivity index (χ1) is 5.22. The molecule has 0 aliphatic heterocycles. The highest BCUT2D eigenvalue weighted by atomic mass is 14.7. The molecular weight excluding hydrogens is 132 g/mol. The minimum atomic E-state index is 1.06. The van der Waals surface area contributed by atoms with Crippen molar-refractivity contribution in [1.82, 2.24) is 0 Å². The maximum Gasteiger partial charge on any atom is -0.0318 e. The van der Waals surface area contributed by atoms with Crippen molar-refractivity contribution in [2.45, 2.75) is 27.2 Å². The van der Waals surface area contributed by atoms with E-state index in [1.807, 2.05) is 0 Å². The van der Waals surface area contributed by atoms with Gasteiger partial charge in [-0.1, -0.05) is 20.8 Å². The van der Waals surface area contributed by atoms with Gasteiger partial charge in [0, 0.05) is 0 Å². The van der Waals surface area contributed by atoms with E-state index in [1.54, 1.807) is 6.42 Å². The minimum Gasteiger partial charge on any atom is -0.0622 e. The van der Waals surface area contributed by atoms with Crippen molar-refractivity contribution in [3.05, 3.63) is 0 Å². The van der Waals surface area contributed by atoms with Crippen LogP contribution in [0.4, 0.5) is 0 Å². The fourth-order valence-electron chi connectivity index (χ4n) is 4.44. The zero-order valence-electron chi connectivity index (χ0n) is 7.75. The molecule has 3 aliphatic carbocycles. The third-order valence-electron chi connectivity index (χ3n) is 5.22. The number of fused-ring (bicyclic) bond motifs is 4. The van der Waals surface area contributed by atoms with Crippen LogP contribution in [0.5, 0.6) is 0 Å². The summed E-state index contributed by atoms with van der Waals surface area (Å²) in [4.78, 5) is 0. The Morgan fingerprint density at radius 3 is 2.09 bits per heavy atom. The van der Waals surface area contributed by atoms with Crippen molar-refractivity contribution in [2.75, 3.05) is 0 Å². The van der Waals surface area contributed by atoms with Gasteiger partial charge in [-0.15, -0.1) is 0 Å². The zero-order valence-corrected chi connectivity index (χ0v) is 7.75. The molecule has 0 aromatic carbocycles. The molecule has 3 rings (SSSR count). The van der Waals surface area contributed by atoms with Crippen LogP contribution >= 0.6 is 0 Å². The van der Waals surface area contributed by atoms with Crippen LogP contribution in [0.2, 0.25) is 0 Å². The van der Waals surface area contributed by atoms with Crippen LogP contribution in [0.25, 0.3) is 0 Å². The molecule has 0 heterocycles. The molecule has 3 aliphatic rings. The smallest absolute Gasteiger partial charge is 0.0318 e. The summed E-state index contributed by atoms with van der Waals surface area (Å²) in [6.45, 7) is 7.38. The second-order valence-corrected chi connectivity index (χ2v) is 5.33. The molecule has 0 aromatic heterocycles. The summed E-state index contributed by atoms with van der Waals surface area (Å²) in [5.41, 5.74) is 0. The lowest BCUT2D eigenvalue weighted by molar-refractivity contribution is -0.265. The van der Waals surface area contributed by atoms with E-state index in [4.69, 9.17) is 0 Å². The number of hydrogen-bond donors (Lipinski definition) is 0. The Morgan fingerprint density at radius 2 is 1.45 bits per heavy atom. The van der Waals surface area contributed by atoms with E-state index >= 15 is 0 Å². The molecule has 0 nitrogen and oxygen atoms in total. The van der Waals surface area contributed by atoms with Crippen LogP contribution in [0.15, 0.2) is 0 Å². The van der Waals surface area contributed by atoms with Crippen LogP contribution in [-0.4, -0.2) is 0 Å². The Kier molecular flexibility index (Phi) is 0.990. The summed E-state index contributed by atoms with van der Waals surface area (Å²) in [6.07, 6.45) is 1.56. The molecule has 7 unspecified atom stereocenters. The van der Waals surface area contributed by atoms with E-state index < -0.39 is 0 Å². The molecule has 0 radical (unpaired) electrons. The van der Waals surface area contributed by atoms with Crippen LogP contribution < -0.4 is 0 Å². The average Bonchev–Trinajstić information content (AvgIpc) is 1.97. The van der Waals surface area contributed by atoms with E-state index in [0.717, 1.165) is 17.8 Å². The molecule has 0 amide bonds. The Bertz CT molecular complexity index is 190. The maximum absolute atomic E-state index is 2.47. The van der Waals surface area contributed by atoms with Gasteiger partial charge in [0.25, 0.3) is 0 Å². The van der Waals surface area contributed by atoms with Crippen LogP contribution in [0.1, 0.15) is 27.2 Å².